The van der Waals surface area contributed by atoms with E-state index in [2.05, 4.69) is 27.4 Å². The van der Waals surface area contributed by atoms with Gasteiger partial charge in [-0.3, -0.25) is 4.99 Å². The normalized spacial score (nSPS) is 17.8. The van der Waals surface area contributed by atoms with Crippen LogP contribution < -0.4 is 20.1 Å². The molecule has 1 atom stereocenters. The molecule has 0 saturated carbocycles. The number of guanidine groups is 1. The molecule has 2 rings (SSSR count). The standard InChI is InChI=1S/C20H34N4O2.HI/c1-16-8-5-6-12-24(16)13-7-11-22-20(21-2)23-15-17-9-10-18(25-3)19(14-17)26-4;/h9-10,14,16H,5-8,11-13,15H2,1-4H3,(H2,21,22,23);1H. The number of hydrogen-bond donors (Lipinski definition) is 2. The van der Waals surface area contributed by atoms with Gasteiger partial charge < -0.3 is 25.0 Å². The lowest BCUT2D eigenvalue weighted by Crippen LogP contribution is -2.41. The Balaban J connectivity index is 0.00000364. The van der Waals surface area contributed by atoms with Crippen molar-refractivity contribution in [3.63, 3.8) is 0 Å². The van der Waals surface area contributed by atoms with Crippen molar-refractivity contribution < 1.29 is 9.47 Å². The van der Waals surface area contributed by atoms with Crippen LogP contribution in [0.2, 0.25) is 0 Å². The van der Waals surface area contributed by atoms with Crippen molar-refractivity contribution in [3.8, 4) is 11.5 Å². The molecule has 0 aromatic heterocycles. The Kier molecular flexibility index (Phi) is 11.5. The van der Waals surface area contributed by atoms with Crippen molar-refractivity contribution in [1.29, 1.82) is 0 Å². The zero-order chi connectivity index (χ0) is 18.8. The van der Waals surface area contributed by atoms with Crippen LogP contribution in [0.15, 0.2) is 23.2 Å². The summed E-state index contributed by atoms with van der Waals surface area (Å²) in [6.45, 7) is 6.35. The first-order chi connectivity index (χ1) is 12.7. The van der Waals surface area contributed by atoms with E-state index in [-0.39, 0.29) is 24.0 Å². The van der Waals surface area contributed by atoms with Crippen molar-refractivity contribution in [2.75, 3.05) is 40.9 Å². The molecule has 1 heterocycles. The second-order valence-electron chi connectivity index (χ2n) is 6.78. The summed E-state index contributed by atoms with van der Waals surface area (Å²) in [6.07, 6.45) is 5.18. The number of rotatable bonds is 8. The molecular weight excluding hydrogens is 455 g/mol. The quantitative estimate of drug-likeness (QED) is 0.254. The molecule has 1 fully saturated rings. The van der Waals surface area contributed by atoms with Crippen molar-refractivity contribution in [2.45, 2.75) is 45.2 Å². The van der Waals surface area contributed by atoms with Gasteiger partial charge in [-0.2, -0.15) is 0 Å². The number of ether oxygens (including phenoxy) is 2. The fraction of sp³-hybridized carbons (Fsp3) is 0.650. The lowest BCUT2D eigenvalue weighted by Gasteiger charge is -2.33. The van der Waals surface area contributed by atoms with Crippen LogP contribution in [0.25, 0.3) is 0 Å². The molecule has 154 valence electrons. The van der Waals surface area contributed by atoms with Gasteiger partial charge in [0.15, 0.2) is 17.5 Å². The highest BCUT2D eigenvalue weighted by molar-refractivity contribution is 14.0. The van der Waals surface area contributed by atoms with Crippen LogP contribution in [0.4, 0.5) is 0 Å². The predicted octanol–water partition coefficient (Wildman–Crippen LogP) is 3.25. The van der Waals surface area contributed by atoms with Gasteiger partial charge in [-0.15, -0.1) is 24.0 Å². The lowest BCUT2D eigenvalue weighted by atomic mass is 10.0. The van der Waals surface area contributed by atoms with E-state index < -0.39 is 0 Å². The fourth-order valence-electron chi connectivity index (χ4n) is 3.38. The van der Waals surface area contributed by atoms with Crippen LogP contribution >= 0.6 is 24.0 Å². The first-order valence-corrected chi connectivity index (χ1v) is 9.57. The maximum atomic E-state index is 5.35. The molecule has 0 radical (unpaired) electrons. The number of piperidine rings is 1. The van der Waals surface area contributed by atoms with Crippen molar-refractivity contribution in [3.05, 3.63) is 23.8 Å². The number of methoxy groups -OCH3 is 2. The average Bonchev–Trinajstić information content (AvgIpc) is 2.68. The number of benzene rings is 1. The molecule has 1 saturated heterocycles. The molecule has 7 heteroatoms. The molecule has 1 aromatic rings. The lowest BCUT2D eigenvalue weighted by molar-refractivity contribution is 0.159. The second-order valence-corrected chi connectivity index (χ2v) is 6.78. The molecular formula is C20H35IN4O2. The van der Waals surface area contributed by atoms with Crippen LogP contribution in [-0.2, 0) is 6.54 Å². The topological polar surface area (TPSA) is 58.1 Å². The summed E-state index contributed by atoms with van der Waals surface area (Å²) in [5.41, 5.74) is 1.12. The van der Waals surface area contributed by atoms with E-state index in [9.17, 15) is 0 Å². The van der Waals surface area contributed by atoms with Gasteiger partial charge >= 0.3 is 0 Å². The maximum absolute atomic E-state index is 5.35. The minimum absolute atomic E-state index is 0. The van der Waals surface area contributed by atoms with E-state index in [1.165, 1.54) is 25.8 Å². The molecule has 0 bridgehead atoms. The highest BCUT2D eigenvalue weighted by Crippen LogP contribution is 2.27. The molecule has 2 N–H and O–H groups in total. The highest BCUT2D eigenvalue weighted by atomic mass is 127. The zero-order valence-corrected chi connectivity index (χ0v) is 19.4. The smallest absolute Gasteiger partial charge is 0.191 e. The number of aliphatic imine (C=N–C) groups is 1. The Labute approximate surface area is 181 Å². The molecule has 0 aliphatic carbocycles. The second kappa shape index (κ2) is 13.0. The van der Waals surface area contributed by atoms with Gasteiger partial charge in [0.2, 0.25) is 0 Å². The van der Waals surface area contributed by atoms with Crippen LogP contribution in [0.5, 0.6) is 11.5 Å². The third-order valence-corrected chi connectivity index (χ3v) is 4.99. The van der Waals surface area contributed by atoms with Crippen molar-refractivity contribution >= 4 is 29.9 Å². The van der Waals surface area contributed by atoms with Crippen LogP contribution in [0, 0.1) is 0 Å². The first kappa shape index (κ1) is 23.8. The highest BCUT2D eigenvalue weighted by Gasteiger charge is 2.17. The Morgan fingerprint density at radius 3 is 2.63 bits per heavy atom. The van der Waals surface area contributed by atoms with E-state index in [0.29, 0.717) is 6.54 Å². The van der Waals surface area contributed by atoms with E-state index in [1.54, 1.807) is 21.3 Å². The summed E-state index contributed by atoms with van der Waals surface area (Å²) in [7, 11) is 5.10. The number of nitrogens with one attached hydrogen (secondary N) is 2. The molecule has 27 heavy (non-hydrogen) atoms. The molecule has 0 amide bonds. The monoisotopic (exact) mass is 490 g/mol. The van der Waals surface area contributed by atoms with Crippen molar-refractivity contribution in [1.82, 2.24) is 15.5 Å². The summed E-state index contributed by atoms with van der Waals surface area (Å²) in [5, 5.41) is 6.75. The van der Waals surface area contributed by atoms with E-state index in [0.717, 1.165) is 48.6 Å². The van der Waals surface area contributed by atoms with Crippen molar-refractivity contribution in [2.24, 2.45) is 4.99 Å². The summed E-state index contributed by atoms with van der Waals surface area (Å²) in [4.78, 5) is 6.91. The van der Waals surface area contributed by atoms with Gasteiger partial charge in [0.05, 0.1) is 14.2 Å². The average molecular weight is 490 g/mol. The van der Waals surface area contributed by atoms with Gasteiger partial charge in [0.25, 0.3) is 0 Å². The summed E-state index contributed by atoms with van der Waals surface area (Å²) >= 11 is 0. The van der Waals surface area contributed by atoms with Gasteiger partial charge in [0.1, 0.15) is 0 Å². The third kappa shape index (κ3) is 7.73. The van der Waals surface area contributed by atoms with E-state index in [4.69, 9.17) is 9.47 Å². The minimum Gasteiger partial charge on any atom is -0.493 e. The predicted molar refractivity (Wildman–Crippen MR) is 123 cm³/mol. The first-order valence-electron chi connectivity index (χ1n) is 9.57. The summed E-state index contributed by atoms with van der Waals surface area (Å²) < 4.78 is 10.6. The zero-order valence-electron chi connectivity index (χ0n) is 17.1. The summed E-state index contributed by atoms with van der Waals surface area (Å²) in [6, 6.07) is 6.66. The Bertz CT molecular complexity index is 583. The van der Waals surface area contributed by atoms with Crippen LogP contribution in [-0.4, -0.2) is 57.8 Å². The molecule has 1 aromatic carbocycles. The van der Waals surface area contributed by atoms with E-state index in [1.807, 2.05) is 18.2 Å². The Morgan fingerprint density at radius 2 is 1.96 bits per heavy atom. The molecule has 0 spiro atoms. The van der Waals surface area contributed by atoms with Gasteiger partial charge in [-0.25, -0.2) is 0 Å². The maximum Gasteiger partial charge on any atom is 0.191 e. The minimum atomic E-state index is 0. The number of hydrogen-bond acceptors (Lipinski definition) is 4. The van der Waals surface area contributed by atoms with E-state index >= 15 is 0 Å². The Hall–Kier alpha value is -1.22. The van der Waals surface area contributed by atoms with Gasteiger partial charge in [-0.1, -0.05) is 12.5 Å². The molecule has 6 nitrogen and oxygen atoms in total. The largest absolute Gasteiger partial charge is 0.493 e. The molecule has 1 aliphatic rings. The van der Waals surface area contributed by atoms with Gasteiger partial charge in [0, 0.05) is 32.7 Å². The fourth-order valence-corrected chi connectivity index (χ4v) is 3.38. The number of halogens is 1. The van der Waals surface area contributed by atoms with Crippen LogP contribution in [0.1, 0.15) is 38.2 Å². The molecule has 1 unspecified atom stereocenters. The molecule has 1 aliphatic heterocycles. The Morgan fingerprint density at radius 1 is 1.19 bits per heavy atom. The summed E-state index contributed by atoms with van der Waals surface area (Å²) in [5.74, 6) is 2.31. The van der Waals surface area contributed by atoms with Gasteiger partial charge in [-0.05, 0) is 50.4 Å². The number of likely N-dealkylation sites (tertiary alicyclic amines) is 1. The number of nitrogens with zero attached hydrogens (tertiary/aromatic N) is 2. The third-order valence-electron chi connectivity index (χ3n) is 4.99. The van der Waals surface area contributed by atoms with Crippen LogP contribution in [0.3, 0.4) is 0 Å². The SMILES string of the molecule is CN=C(NCCCN1CCCCC1C)NCc1ccc(OC)c(OC)c1.I.